The molecule has 2 heterocycles. The van der Waals surface area contributed by atoms with Gasteiger partial charge in [0.25, 0.3) is 0 Å². The Balaban J connectivity index is 1.49. The smallest absolute Gasteiger partial charge is 0.0934 e. The summed E-state index contributed by atoms with van der Waals surface area (Å²) in [4.78, 5) is 4.14. The van der Waals surface area contributed by atoms with Crippen LogP contribution in [0.1, 0.15) is 55.0 Å². The Hall–Kier alpha value is -0.0900. The molecule has 1 atom stereocenters. The van der Waals surface area contributed by atoms with Crippen LogP contribution in [-0.2, 0) is 6.42 Å². The molecule has 1 fully saturated rings. The van der Waals surface area contributed by atoms with E-state index in [1.807, 2.05) is 0 Å². The highest BCUT2D eigenvalue weighted by Crippen LogP contribution is 2.37. The van der Waals surface area contributed by atoms with Gasteiger partial charge in [0.05, 0.1) is 4.34 Å². The quantitative estimate of drug-likeness (QED) is 0.894. The standard InChI is InChI=1S/C16H25ClN2S/c17-16-12-13-14(6-5-7-15(13)20-16)18-8-11-19-9-3-1-2-4-10-19/h12,14,18H,1-11H2. The Labute approximate surface area is 131 Å². The number of hydrogen-bond acceptors (Lipinski definition) is 3. The van der Waals surface area contributed by atoms with Crippen molar-refractivity contribution in [1.82, 2.24) is 10.2 Å². The molecule has 1 aromatic heterocycles. The second-order valence-corrected chi connectivity index (χ2v) is 7.85. The minimum Gasteiger partial charge on any atom is -0.309 e. The highest BCUT2D eigenvalue weighted by atomic mass is 35.5. The van der Waals surface area contributed by atoms with E-state index >= 15 is 0 Å². The Kier molecular flexibility index (Phi) is 5.38. The van der Waals surface area contributed by atoms with Crippen LogP contribution < -0.4 is 5.32 Å². The minimum absolute atomic E-state index is 0.537. The van der Waals surface area contributed by atoms with Crippen molar-refractivity contribution < 1.29 is 0 Å². The highest BCUT2D eigenvalue weighted by molar-refractivity contribution is 7.16. The molecule has 2 nitrogen and oxygen atoms in total. The molecule has 112 valence electrons. The van der Waals surface area contributed by atoms with Crippen LogP contribution in [0.25, 0.3) is 0 Å². The predicted molar refractivity (Wildman–Crippen MR) is 87.9 cm³/mol. The third kappa shape index (κ3) is 3.76. The van der Waals surface area contributed by atoms with Gasteiger partial charge >= 0.3 is 0 Å². The average molecular weight is 313 g/mol. The fourth-order valence-corrected chi connectivity index (χ4v) is 4.87. The number of thiophene rings is 1. The third-order valence-corrected chi connectivity index (χ3v) is 5.94. The van der Waals surface area contributed by atoms with Crippen molar-refractivity contribution >= 4 is 22.9 Å². The number of hydrogen-bond donors (Lipinski definition) is 1. The maximum absolute atomic E-state index is 6.17. The van der Waals surface area contributed by atoms with Gasteiger partial charge in [0, 0.05) is 24.0 Å². The molecule has 1 saturated heterocycles. The van der Waals surface area contributed by atoms with Gasteiger partial charge in [-0.15, -0.1) is 11.3 Å². The van der Waals surface area contributed by atoms with Crippen LogP contribution in [0.2, 0.25) is 4.34 Å². The van der Waals surface area contributed by atoms with Gasteiger partial charge in [-0.1, -0.05) is 24.4 Å². The van der Waals surface area contributed by atoms with E-state index in [1.54, 1.807) is 11.3 Å². The third-order valence-electron chi connectivity index (χ3n) is 4.60. The van der Waals surface area contributed by atoms with Crippen molar-refractivity contribution in [2.24, 2.45) is 0 Å². The maximum Gasteiger partial charge on any atom is 0.0934 e. The van der Waals surface area contributed by atoms with Gasteiger partial charge in [-0.25, -0.2) is 0 Å². The molecule has 1 aliphatic heterocycles. The largest absolute Gasteiger partial charge is 0.309 e. The number of aryl methyl sites for hydroxylation is 1. The lowest BCUT2D eigenvalue weighted by Gasteiger charge is -2.26. The van der Waals surface area contributed by atoms with Crippen LogP contribution >= 0.6 is 22.9 Å². The van der Waals surface area contributed by atoms with Gasteiger partial charge in [0.15, 0.2) is 0 Å². The predicted octanol–water partition coefficient (Wildman–Crippen LogP) is 4.24. The van der Waals surface area contributed by atoms with Gasteiger partial charge in [-0.05, 0) is 56.8 Å². The number of nitrogens with zero attached hydrogens (tertiary/aromatic N) is 1. The zero-order chi connectivity index (χ0) is 13.8. The molecule has 0 spiro atoms. The molecule has 1 aromatic rings. The van der Waals surface area contributed by atoms with Gasteiger partial charge in [-0.3, -0.25) is 0 Å². The molecule has 3 rings (SSSR count). The molecular weight excluding hydrogens is 288 g/mol. The summed E-state index contributed by atoms with van der Waals surface area (Å²) in [6.07, 6.45) is 9.39. The van der Waals surface area contributed by atoms with Crippen LogP contribution in [0.3, 0.4) is 0 Å². The molecule has 0 aromatic carbocycles. The van der Waals surface area contributed by atoms with Crippen molar-refractivity contribution in [2.45, 2.75) is 51.0 Å². The Morgan fingerprint density at radius 1 is 1.20 bits per heavy atom. The fourth-order valence-electron chi connectivity index (χ4n) is 3.49. The van der Waals surface area contributed by atoms with Crippen molar-refractivity contribution in [3.63, 3.8) is 0 Å². The topological polar surface area (TPSA) is 15.3 Å². The SMILES string of the molecule is Clc1cc2c(s1)CCCC2NCCN1CCCCCC1. The van der Waals surface area contributed by atoms with Gasteiger partial charge in [0.2, 0.25) is 0 Å². The molecule has 20 heavy (non-hydrogen) atoms. The molecule has 1 unspecified atom stereocenters. The van der Waals surface area contributed by atoms with Crippen LogP contribution in [0.15, 0.2) is 6.07 Å². The number of nitrogens with one attached hydrogen (secondary N) is 1. The number of fused-ring (bicyclic) bond motifs is 1. The second kappa shape index (κ2) is 7.26. The summed E-state index contributed by atoms with van der Waals surface area (Å²) in [6, 6.07) is 2.72. The monoisotopic (exact) mass is 312 g/mol. The van der Waals surface area contributed by atoms with Crippen LogP contribution in [0.5, 0.6) is 0 Å². The molecule has 0 saturated carbocycles. The van der Waals surface area contributed by atoms with E-state index in [2.05, 4.69) is 16.3 Å². The first-order valence-electron chi connectivity index (χ1n) is 8.07. The molecule has 1 aliphatic carbocycles. The molecule has 0 amide bonds. The average Bonchev–Trinajstić information content (AvgIpc) is 2.66. The second-order valence-electron chi connectivity index (χ2n) is 6.08. The van der Waals surface area contributed by atoms with Crippen molar-refractivity contribution in [3.05, 3.63) is 20.8 Å². The minimum atomic E-state index is 0.537. The maximum atomic E-state index is 6.17. The summed E-state index contributed by atoms with van der Waals surface area (Å²) in [6.45, 7) is 4.89. The van der Waals surface area contributed by atoms with E-state index < -0.39 is 0 Å². The Morgan fingerprint density at radius 3 is 2.80 bits per heavy atom. The molecule has 0 radical (unpaired) electrons. The van der Waals surface area contributed by atoms with Crippen molar-refractivity contribution in [2.75, 3.05) is 26.2 Å². The van der Waals surface area contributed by atoms with Gasteiger partial charge in [-0.2, -0.15) is 0 Å². The van der Waals surface area contributed by atoms with Crippen LogP contribution in [-0.4, -0.2) is 31.1 Å². The summed E-state index contributed by atoms with van der Waals surface area (Å²) in [5.41, 5.74) is 1.47. The highest BCUT2D eigenvalue weighted by Gasteiger charge is 2.22. The first-order valence-corrected chi connectivity index (χ1v) is 9.26. The lowest BCUT2D eigenvalue weighted by molar-refractivity contribution is 0.276. The number of halogens is 1. The molecule has 4 heteroatoms. The summed E-state index contributed by atoms with van der Waals surface area (Å²) in [7, 11) is 0. The van der Waals surface area contributed by atoms with Crippen LogP contribution in [0, 0.1) is 0 Å². The Bertz CT molecular complexity index is 424. The first-order chi connectivity index (χ1) is 9.83. The first kappa shape index (κ1) is 14.8. The number of likely N-dealkylation sites (tertiary alicyclic amines) is 1. The lowest BCUT2D eigenvalue weighted by Crippen LogP contribution is -2.35. The van der Waals surface area contributed by atoms with Gasteiger partial charge < -0.3 is 10.2 Å². The summed E-state index contributed by atoms with van der Waals surface area (Å²) >= 11 is 7.95. The van der Waals surface area contributed by atoms with E-state index in [0.717, 1.165) is 10.9 Å². The summed E-state index contributed by atoms with van der Waals surface area (Å²) < 4.78 is 0.955. The zero-order valence-corrected chi connectivity index (χ0v) is 13.7. The van der Waals surface area contributed by atoms with E-state index in [0.29, 0.717) is 6.04 Å². The fraction of sp³-hybridized carbons (Fsp3) is 0.750. The van der Waals surface area contributed by atoms with E-state index in [4.69, 9.17) is 11.6 Å². The normalized spacial score (nSPS) is 24.4. The van der Waals surface area contributed by atoms with Crippen LogP contribution in [0.4, 0.5) is 0 Å². The summed E-state index contributed by atoms with van der Waals surface area (Å²) in [5.74, 6) is 0. The van der Waals surface area contributed by atoms with E-state index in [9.17, 15) is 0 Å². The molecule has 0 bridgehead atoms. The molecule has 2 aliphatic rings. The zero-order valence-electron chi connectivity index (χ0n) is 12.2. The Morgan fingerprint density at radius 2 is 2.00 bits per heavy atom. The van der Waals surface area contributed by atoms with Crippen molar-refractivity contribution in [3.8, 4) is 0 Å². The lowest BCUT2D eigenvalue weighted by atomic mass is 9.94. The molecule has 1 N–H and O–H groups in total. The molecular formula is C16H25ClN2S. The van der Waals surface area contributed by atoms with Gasteiger partial charge in [0.1, 0.15) is 0 Å². The van der Waals surface area contributed by atoms with E-state index in [-0.39, 0.29) is 0 Å². The number of rotatable bonds is 4. The van der Waals surface area contributed by atoms with Crippen molar-refractivity contribution in [1.29, 1.82) is 0 Å². The summed E-state index contributed by atoms with van der Waals surface area (Å²) in [5, 5.41) is 3.77. The van der Waals surface area contributed by atoms with E-state index in [1.165, 1.54) is 75.0 Å².